The van der Waals surface area contributed by atoms with E-state index in [2.05, 4.69) is 34.6 Å². The van der Waals surface area contributed by atoms with E-state index in [0.29, 0.717) is 6.04 Å². The molecule has 0 fully saturated rings. The summed E-state index contributed by atoms with van der Waals surface area (Å²) in [6.45, 7) is 10.7. The summed E-state index contributed by atoms with van der Waals surface area (Å²) in [6, 6.07) is 2.33. The van der Waals surface area contributed by atoms with E-state index in [0.717, 1.165) is 22.7 Å². The Labute approximate surface area is 122 Å². The molecule has 0 amide bonds. The highest BCUT2D eigenvalue weighted by Crippen LogP contribution is 2.31. The Morgan fingerprint density at radius 3 is 2.37 bits per heavy atom. The molecule has 0 heterocycles. The Hall–Kier alpha value is -0.730. The molecular weight excluding hydrogens is 256 g/mol. The molecule has 0 aliphatic heterocycles. The van der Waals surface area contributed by atoms with Gasteiger partial charge in [0.05, 0.1) is 5.69 Å². The number of nitrogens with zero attached hydrogens (tertiary/aromatic N) is 1. The minimum atomic E-state index is 0.337. The van der Waals surface area contributed by atoms with Crippen molar-refractivity contribution in [2.45, 2.75) is 66.3 Å². The van der Waals surface area contributed by atoms with Gasteiger partial charge < -0.3 is 5.01 Å². The van der Waals surface area contributed by atoms with Gasteiger partial charge in [-0.05, 0) is 56.9 Å². The lowest BCUT2D eigenvalue weighted by Gasteiger charge is -2.29. The van der Waals surface area contributed by atoms with Crippen LogP contribution in [0.2, 0.25) is 5.02 Å². The maximum Gasteiger partial charge on any atom is 0.0567 e. The van der Waals surface area contributed by atoms with Crippen molar-refractivity contribution in [3.05, 3.63) is 27.8 Å². The molecule has 0 aliphatic rings. The average Bonchev–Trinajstić information content (AvgIpc) is 2.39. The van der Waals surface area contributed by atoms with Crippen molar-refractivity contribution in [3.63, 3.8) is 0 Å². The molecule has 1 aromatic carbocycles. The molecule has 0 aromatic heterocycles. The minimum Gasteiger partial charge on any atom is -0.308 e. The summed E-state index contributed by atoms with van der Waals surface area (Å²) in [7, 11) is 0. The van der Waals surface area contributed by atoms with Crippen LogP contribution >= 0.6 is 11.6 Å². The third-order valence-electron chi connectivity index (χ3n) is 4.11. The van der Waals surface area contributed by atoms with Crippen LogP contribution in [0.5, 0.6) is 0 Å². The van der Waals surface area contributed by atoms with E-state index in [1.807, 2.05) is 11.1 Å². The van der Waals surface area contributed by atoms with Crippen molar-refractivity contribution < 1.29 is 0 Å². The van der Waals surface area contributed by atoms with Gasteiger partial charge in [0.25, 0.3) is 0 Å². The summed E-state index contributed by atoms with van der Waals surface area (Å²) in [5, 5.41) is 2.68. The lowest BCUT2D eigenvalue weighted by Crippen LogP contribution is -2.40. The van der Waals surface area contributed by atoms with Crippen LogP contribution in [-0.4, -0.2) is 6.04 Å². The number of hydrazine groups is 1. The lowest BCUT2D eigenvalue weighted by molar-refractivity contribution is 0.553. The molecule has 1 unspecified atom stereocenters. The number of hydrogen-bond donors (Lipinski definition) is 1. The van der Waals surface area contributed by atoms with Crippen LogP contribution in [-0.2, 0) is 0 Å². The minimum absolute atomic E-state index is 0.337. The largest absolute Gasteiger partial charge is 0.308 e. The molecule has 0 bridgehead atoms. The smallest absolute Gasteiger partial charge is 0.0567 e. The zero-order valence-corrected chi connectivity index (χ0v) is 13.6. The van der Waals surface area contributed by atoms with Gasteiger partial charge in [-0.25, -0.2) is 5.84 Å². The van der Waals surface area contributed by atoms with E-state index in [9.17, 15) is 0 Å². The molecule has 1 aromatic rings. The second-order valence-electron chi connectivity index (χ2n) is 5.50. The zero-order chi connectivity index (χ0) is 14.6. The van der Waals surface area contributed by atoms with Crippen molar-refractivity contribution in [2.75, 3.05) is 5.01 Å². The summed E-state index contributed by atoms with van der Waals surface area (Å²) in [6.07, 6.45) is 4.86. The molecule has 0 saturated heterocycles. The Morgan fingerprint density at radius 2 is 1.79 bits per heavy atom. The van der Waals surface area contributed by atoms with Crippen molar-refractivity contribution in [1.29, 1.82) is 0 Å². The fourth-order valence-electron chi connectivity index (χ4n) is 2.32. The standard InChI is InChI=1S/C16H27ClN2/c1-6-7-8-9-11(2)19(18)16-10-15(17)13(4)12(3)14(16)5/h10-11H,6-9,18H2,1-5H3. The van der Waals surface area contributed by atoms with Crippen LogP contribution in [0.4, 0.5) is 5.69 Å². The first kappa shape index (κ1) is 16.3. The first-order chi connectivity index (χ1) is 8.90. The molecular formula is C16H27ClN2. The van der Waals surface area contributed by atoms with Crippen molar-refractivity contribution in [1.82, 2.24) is 0 Å². The first-order valence-corrected chi connectivity index (χ1v) is 7.58. The molecule has 1 atom stereocenters. The van der Waals surface area contributed by atoms with Gasteiger partial charge in [-0.1, -0.05) is 37.8 Å². The second-order valence-corrected chi connectivity index (χ2v) is 5.91. The van der Waals surface area contributed by atoms with Crippen molar-refractivity contribution in [2.24, 2.45) is 5.84 Å². The quantitative estimate of drug-likeness (QED) is 0.456. The summed E-state index contributed by atoms with van der Waals surface area (Å²) >= 11 is 6.28. The van der Waals surface area contributed by atoms with Crippen LogP contribution in [0.3, 0.4) is 0 Å². The Bertz CT molecular complexity index is 429. The SMILES string of the molecule is CCCCCC(C)N(N)c1cc(Cl)c(C)c(C)c1C. The summed E-state index contributed by atoms with van der Waals surface area (Å²) < 4.78 is 0. The average molecular weight is 283 g/mol. The van der Waals surface area contributed by atoms with Gasteiger partial charge in [-0.15, -0.1) is 0 Å². The molecule has 3 heteroatoms. The third kappa shape index (κ3) is 3.87. The molecule has 0 saturated carbocycles. The Kier molecular flexibility index (Phi) is 6.15. The number of nitrogens with two attached hydrogens (primary N) is 1. The highest BCUT2D eigenvalue weighted by molar-refractivity contribution is 6.31. The third-order valence-corrected chi connectivity index (χ3v) is 4.50. The second kappa shape index (κ2) is 7.16. The van der Waals surface area contributed by atoms with E-state index in [-0.39, 0.29) is 0 Å². The number of halogens is 1. The maximum atomic E-state index is 6.28. The highest BCUT2D eigenvalue weighted by atomic mass is 35.5. The summed E-state index contributed by atoms with van der Waals surface area (Å²) in [5.41, 5.74) is 4.66. The molecule has 2 N–H and O–H groups in total. The van der Waals surface area contributed by atoms with Crippen LogP contribution in [0.25, 0.3) is 0 Å². The topological polar surface area (TPSA) is 29.3 Å². The molecule has 19 heavy (non-hydrogen) atoms. The fraction of sp³-hybridized carbons (Fsp3) is 0.625. The predicted octanol–water partition coefficient (Wildman–Crippen LogP) is 4.91. The van der Waals surface area contributed by atoms with Gasteiger partial charge in [0, 0.05) is 11.1 Å². The van der Waals surface area contributed by atoms with Crippen molar-refractivity contribution >= 4 is 17.3 Å². The number of benzene rings is 1. The van der Waals surface area contributed by atoms with Crippen molar-refractivity contribution in [3.8, 4) is 0 Å². The molecule has 1 rings (SSSR count). The first-order valence-electron chi connectivity index (χ1n) is 7.20. The van der Waals surface area contributed by atoms with E-state index in [1.165, 1.54) is 30.4 Å². The molecule has 2 nitrogen and oxygen atoms in total. The molecule has 0 spiro atoms. The zero-order valence-electron chi connectivity index (χ0n) is 12.9. The number of unbranched alkanes of at least 4 members (excludes halogenated alkanes) is 2. The Balaban J connectivity index is 2.90. The van der Waals surface area contributed by atoms with Gasteiger partial charge in [-0.2, -0.15) is 0 Å². The van der Waals surface area contributed by atoms with E-state index >= 15 is 0 Å². The predicted molar refractivity (Wildman–Crippen MR) is 85.9 cm³/mol. The van der Waals surface area contributed by atoms with Gasteiger partial charge >= 0.3 is 0 Å². The Morgan fingerprint density at radius 1 is 1.16 bits per heavy atom. The van der Waals surface area contributed by atoms with Crippen LogP contribution in [0.1, 0.15) is 56.2 Å². The molecule has 0 aliphatic carbocycles. The van der Waals surface area contributed by atoms with Crippen LogP contribution in [0.15, 0.2) is 6.07 Å². The summed E-state index contributed by atoms with van der Waals surface area (Å²) in [4.78, 5) is 0. The number of hydrogen-bond acceptors (Lipinski definition) is 2. The van der Waals surface area contributed by atoms with Gasteiger partial charge in [0.1, 0.15) is 0 Å². The monoisotopic (exact) mass is 282 g/mol. The van der Waals surface area contributed by atoms with Gasteiger partial charge in [0.2, 0.25) is 0 Å². The lowest BCUT2D eigenvalue weighted by atomic mass is 10.0. The molecule has 0 radical (unpaired) electrons. The van der Waals surface area contributed by atoms with Crippen LogP contribution in [0, 0.1) is 20.8 Å². The normalized spacial score (nSPS) is 12.6. The van der Waals surface area contributed by atoms with E-state index in [4.69, 9.17) is 17.4 Å². The molecule has 108 valence electrons. The summed E-state index contributed by atoms with van der Waals surface area (Å²) in [5.74, 6) is 6.28. The van der Waals surface area contributed by atoms with Gasteiger partial charge in [-0.3, -0.25) is 0 Å². The fourth-order valence-corrected chi connectivity index (χ4v) is 2.57. The highest BCUT2D eigenvalue weighted by Gasteiger charge is 2.16. The number of rotatable bonds is 6. The van der Waals surface area contributed by atoms with Gasteiger partial charge in [0.15, 0.2) is 0 Å². The number of anilines is 1. The maximum absolute atomic E-state index is 6.28. The van der Waals surface area contributed by atoms with Crippen LogP contribution < -0.4 is 10.9 Å². The van der Waals surface area contributed by atoms with E-state index < -0.39 is 0 Å². The van der Waals surface area contributed by atoms with E-state index in [1.54, 1.807) is 0 Å².